The number of aromatic hydroxyl groups is 2. The van der Waals surface area contributed by atoms with Crippen LogP contribution in [0.15, 0.2) is 10.9 Å². The van der Waals surface area contributed by atoms with Crippen LogP contribution in [0, 0.1) is 12.8 Å². The van der Waals surface area contributed by atoms with Gasteiger partial charge in [-0.1, -0.05) is 11.6 Å². The number of nitrogens with two attached hydrogens (primary N) is 1. The van der Waals surface area contributed by atoms with Gasteiger partial charge in [0.1, 0.15) is 23.2 Å². The highest BCUT2D eigenvalue weighted by atomic mass is 35.5. The Kier molecular flexibility index (Phi) is 5.19. The first-order valence-electron chi connectivity index (χ1n) is 12.6. The van der Waals surface area contributed by atoms with Crippen molar-refractivity contribution in [3.63, 3.8) is 0 Å². The Morgan fingerprint density at radius 1 is 1.13 bits per heavy atom. The second-order valence-electron chi connectivity index (χ2n) is 10.4. The third-order valence-corrected chi connectivity index (χ3v) is 9.07. The minimum Gasteiger partial charge on any atom is -0.506 e. The number of hydrogen-bond acceptors (Lipinski definition) is 10. The average molecular weight is 557 g/mol. The third-order valence-electron chi connectivity index (χ3n) is 8.59. The fourth-order valence-corrected chi connectivity index (χ4v) is 6.90. The van der Waals surface area contributed by atoms with Crippen LogP contribution in [0.4, 0.5) is 0 Å². The van der Waals surface area contributed by atoms with Crippen molar-refractivity contribution in [2.75, 3.05) is 19.7 Å². The van der Waals surface area contributed by atoms with Crippen LogP contribution in [0.25, 0.3) is 21.9 Å². The maximum Gasteiger partial charge on any atom is 0.280 e. The van der Waals surface area contributed by atoms with Gasteiger partial charge in [-0.3, -0.25) is 9.59 Å². The molecule has 4 aliphatic rings. The SMILES string of the molecule is COC1CCC(O)C2C(=O)c3c(O)c4c5c(c3OC12)OCOC5Cc1cc2c(Cl)c(C)n(N)c(=O)c2c(O)c1-4. The van der Waals surface area contributed by atoms with Crippen molar-refractivity contribution in [3.8, 4) is 34.1 Å². The van der Waals surface area contributed by atoms with Crippen molar-refractivity contribution in [1.29, 1.82) is 0 Å². The normalized spacial score (nSPS) is 26.7. The highest BCUT2D eigenvalue weighted by Gasteiger charge is 2.52. The molecule has 5 atom stereocenters. The van der Waals surface area contributed by atoms with Crippen molar-refractivity contribution in [2.45, 2.75) is 50.6 Å². The van der Waals surface area contributed by atoms with E-state index in [9.17, 15) is 24.9 Å². The minimum atomic E-state index is -0.996. The topological polar surface area (TPSA) is 163 Å². The first kappa shape index (κ1) is 24.5. The maximum atomic E-state index is 13.9. The molecule has 2 aromatic carbocycles. The molecule has 39 heavy (non-hydrogen) atoms. The summed E-state index contributed by atoms with van der Waals surface area (Å²) in [5.74, 6) is 3.80. The molecule has 7 rings (SSSR count). The number of nitrogen functional groups attached to an aromatic ring is 1. The zero-order chi connectivity index (χ0) is 27.5. The molecule has 5 N–H and O–H groups in total. The first-order chi connectivity index (χ1) is 18.6. The molecule has 2 aliphatic carbocycles. The van der Waals surface area contributed by atoms with E-state index in [-0.39, 0.29) is 51.8 Å². The number of aliphatic hydroxyl groups excluding tert-OH is 1. The van der Waals surface area contributed by atoms with Gasteiger partial charge in [0.15, 0.2) is 24.1 Å². The van der Waals surface area contributed by atoms with Crippen molar-refractivity contribution in [3.05, 3.63) is 43.8 Å². The van der Waals surface area contributed by atoms with E-state index >= 15 is 0 Å². The van der Waals surface area contributed by atoms with Gasteiger partial charge in [0.25, 0.3) is 5.56 Å². The van der Waals surface area contributed by atoms with E-state index in [2.05, 4.69) is 0 Å². The number of benzene rings is 2. The van der Waals surface area contributed by atoms with E-state index in [0.29, 0.717) is 35.0 Å². The number of hydrogen-bond donors (Lipinski definition) is 4. The van der Waals surface area contributed by atoms with Gasteiger partial charge in [0, 0.05) is 35.6 Å². The van der Waals surface area contributed by atoms with Gasteiger partial charge in [-0.05, 0) is 31.4 Å². The molecule has 3 heterocycles. The van der Waals surface area contributed by atoms with Crippen LogP contribution < -0.4 is 20.9 Å². The Morgan fingerprint density at radius 2 is 1.90 bits per heavy atom. The van der Waals surface area contributed by atoms with Gasteiger partial charge in [-0.2, -0.15) is 0 Å². The molecular formula is C27H25ClN2O9. The number of rotatable bonds is 1. The molecule has 11 nitrogen and oxygen atoms in total. The molecule has 5 unspecified atom stereocenters. The van der Waals surface area contributed by atoms with Crippen molar-refractivity contribution in [1.82, 2.24) is 4.68 Å². The fourth-order valence-electron chi connectivity index (χ4n) is 6.66. The molecular weight excluding hydrogens is 532 g/mol. The number of fused-ring (bicyclic) bond motifs is 6. The summed E-state index contributed by atoms with van der Waals surface area (Å²) in [6.07, 6.45) is -1.74. The molecule has 3 aromatic rings. The summed E-state index contributed by atoms with van der Waals surface area (Å²) in [5.41, 5.74) is 0.674. The number of pyridine rings is 1. The number of nitrogens with zero attached hydrogens (tertiary/aromatic N) is 1. The lowest BCUT2D eigenvalue weighted by atomic mass is 9.73. The number of ketones is 1. The highest BCUT2D eigenvalue weighted by molar-refractivity contribution is 6.36. The molecule has 204 valence electrons. The number of phenols is 2. The van der Waals surface area contributed by atoms with Crippen LogP contribution in [0.2, 0.25) is 5.02 Å². The minimum absolute atomic E-state index is 0.0497. The van der Waals surface area contributed by atoms with Crippen LogP contribution in [0.3, 0.4) is 0 Å². The molecule has 2 aliphatic heterocycles. The summed E-state index contributed by atoms with van der Waals surface area (Å²) in [7, 11) is 1.52. The lowest BCUT2D eigenvalue weighted by Gasteiger charge is -2.44. The number of carbonyl (C=O) groups is 1. The molecule has 0 spiro atoms. The highest BCUT2D eigenvalue weighted by Crippen LogP contribution is 2.60. The fraction of sp³-hybridized carbons (Fsp3) is 0.407. The number of aliphatic hydroxyl groups is 1. The van der Waals surface area contributed by atoms with E-state index in [4.69, 9.17) is 36.4 Å². The Hall–Kier alpha value is -3.51. The van der Waals surface area contributed by atoms with Gasteiger partial charge in [0.2, 0.25) is 0 Å². The molecule has 0 radical (unpaired) electrons. The number of carbonyl (C=O) groups excluding carboxylic acids is 1. The zero-order valence-corrected chi connectivity index (χ0v) is 21.7. The Balaban J connectivity index is 1.56. The van der Waals surface area contributed by atoms with E-state index in [0.717, 1.165) is 4.68 Å². The standard InChI is InChI=1S/C27H25ClN2O9/c1-8-20(28)10-5-9-6-13-17-18(14(9)21(32)15(10)27(35)30(8)29)23(34)19-22(33)16-11(31)3-4-12(36-2)24(16)39-26(19)25(17)38-7-37-13/h5,11-13,16,24,31-32,34H,3-4,6-7,29H2,1-2H3. The number of phenolic OH excluding ortho intramolecular Hbond substituents is 2. The van der Waals surface area contributed by atoms with Crippen LogP contribution >= 0.6 is 11.6 Å². The lowest BCUT2D eigenvalue weighted by Crippen LogP contribution is -2.54. The Labute approximate surface area is 226 Å². The summed E-state index contributed by atoms with van der Waals surface area (Å²) in [6.45, 7) is 1.45. The molecule has 1 fully saturated rings. The maximum absolute atomic E-state index is 13.9. The third kappa shape index (κ3) is 3.04. The molecule has 0 amide bonds. The molecule has 1 aromatic heterocycles. The predicted octanol–water partition coefficient (Wildman–Crippen LogP) is 2.45. The van der Waals surface area contributed by atoms with Crippen molar-refractivity contribution < 1.29 is 39.1 Å². The van der Waals surface area contributed by atoms with Gasteiger partial charge >= 0.3 is 0 Å². The lowest BCUT2D eigenvalue weighted by molar-refractivity contribution is -0.0948. The summed E-state index contributed by atoms with van der Waals surface area (Å²) in [6, 6.07) is 1.67. The Bertz CT molecular complexity index is 1680. The van der Waals surface area contributed by atoms with Gasteiger partial charge in [-0.25, -0.2) is 4.68 Å². The molecule has 0 saturated heterocycles. The van der Waals surface area contributed by atoms with Crippen LogP contribution in [0.5, 0.6) is 23.0 Å². The second-order valence-corrected chi connectivity index (χ2v) is 10.8. The number of ether oxygens (including phenoxy) is 4. The zero-order valence-electron chi connectivity index (χ0n) is 21.0. The second kappa shape index (κ2) is 8.25. The van der Waals surface area contributed by atoms with E-state index < -0.39 is 53.2 Å². The number of methoxy groups -OCH3 is 1. The molecule has 0 bridgehead atoms. The number of halogens is 1. The summed E-state index contributed by atoms with van der Waals surface area (Å²) >= 11 is 6.53. The van der Waals surface area contributed by atoms with E-state index in [1.807, 2.05) is 0 Å². The largest absolute Gasteiger partial charge is 0.506 e. The van der Waals surface area contributed by atoms with Gasteiger partial charge < -0.3 is 40.1 Å². The monoisotopic (exact) mass is 556 g/mol. The molecule has 1 saturated carbocycles. The first-order valence-corrected chi connectivity index (χ1v) is 13.0. The predicted molar refractivity (Wildman–Crippen MR) is 138 cm³/mol. The van der Waals surface area contributed by atoms with Crippen LogP contribution in [0.1, 0.15) is 46.1 Å². The summed E-state index contributed by atoms with van der Waals surface area (Å²) in [5, 5.41) is 34.4. The number of aromatic nitrogens is 1. The van der Waals surface area contributed by atoms with E-state index in [1.165, 1.54) is 7.11 Å². The average Bonchev–Trinajstić information content (AvgIpc) is 2.92. The number of Topliss-reactive ketones (excluding diaryl/α,β-unsaturated/α-hetero) is 1. The van der Waals surface area contributed by atoms with Gasteiger partial charge in [-0.15, -0.1) is 0 Å². The van der Waals surface area contributed by atoms with Crippen LogP contribution in [-0.4, -0.2) is 58.0 Å². The summed E-state index contributed by atoms with van der Waals surface area (Å²) in [4.78, 5) is 27.0. The smallest absolute Gasteiger partial charge is 0.280 e. The quantitative estimate of drug-likeness (QED) is 0.327. The Morgan fingerprint density at radius 3 is 2.64 bits per heavy atom. The van der Waals surface area contributed by atoms with Crippen molar-refractivity contribution in [2.24, 2.45) is 5.92 Å². The summed E-state index contributed by atoms with van der Waals surface area (Å²) < 4.78 is 24.5. The van der Waals surface area contributed by atoms with Crippen molar-refractivity contribution >= 4 is 28.2 Å². The van der Waals surface area contributed by atoms with Gasteiger partial charge in [0.05, 0.1) is 40.3 Å². The van der Waals surface area contributed by atoms with E-state index in [1.54, 1.807) is 13.0 Å². The van der Waals surface area contributed by atoms with Crippen LogP contribution in [-0.2, 0) is 15.9 Å². The molecule has 12 heteroatoms.